The van der Waals surface area contributed by atoms with Crippen molar-refractivity contribution in [2.24, 2.45) is 0 Å². The summed E-state index contributed by atoms with van der Waals surface area (Å²) in [5, 5.41) is 14.2. The van der Waals surface area contributed by atoms with Crippen molar-refractivity contribution in [2.45, 2.75) is 10.6 Å². The van der Waals surface area contributed by atoms with E-state index < -0.39 is 5.97 Å². The van der Waals surface area contributed by atoms with Gasteiger partial charge < -0.3 is 10.0 Å². The molecule has 1 aromatic heterocycles. The van der Waals surface area contributed by atoms with Crippen LogP contribution in [0, 0.1) is 0 Å². The van der Waals surface area contributed by atoms with Crippen molar-refractivity contribution in [1.29, 1.82) is 0 Å². The number of carboxylic acid groups (broad SMARTS) is 1. The van der Waals surface area contributed by atoms with E-state index >= 15 is 0 Å². The van der Waals surface area contributed by atoms with Gasteiger partial charge in [-0.15, -0.1) is 11.8 Å². The normalized spacial score (nSPS) is 15.4. The molecule has 1 saturated heterocycles. The number of hydrogen-bond acceptors (Lipinski definition) is 5. The summed E-state index contributed by atoms with van der Waals surface area (Å²) < 4.78 is 1.68. The summed E-state index contributed by atoms with van der Waals surface area (Å²) in [5.74, 6) is 1.43. The average molecular weight is 438 g/mol. The molecule has 30 heavy (non-hydrogen) atoms. The van der Waals surface area contributed by atoms with Crippen LogP contribution < -0.4 is 0 Å². The summed E-state index contributed by atoms with van der Waals surface area (Å²) in [7, 11) is 0. The van der Waals surface area contributed by atoms with Crippen LogP contribution in [0.25, 0.3) is 16.9 Å². The van der Waals surface area contributed by atoms with E-state index in [0.29, 0.717) is 17.0 Å². The van der Waals surface area contributed by atoms with Crippen molar-refractivity contribution in [1.82, 2.24) is 14.7 Å². The monoisotopic (exact) mass is 437 g/mol. The minimum absolute atomic E-state index is 0.00703. The van der Waals surface area contributed by atoms with Crippen LogP contribution >= 0.6 is 23.5 Å². The molecule has 2 aliphatic rings. The minimum atomic E-state index is -1.04. The first kappa shape index (κ1) is 19.3. The van der Waals surface area contributed by atoms with Crippen LogP contribution in [-0.4, -0.2) is 56.3 Å². The quantitative estimate of drug-likeness (QED) is 0.667. The third-order valence-electron chi connectivity index (χ3n) is 5.34. The second kappa shape index (κ2) is 7.85. The van der Waals surface area contributed by atoms with E-state index in [1.54, 1.807) is 16.4 Å². The molecule has 8 heteroatoms. The molecule has 0 radical (unpaired) electrons. The molecule has 3 aromatic rings. The van der Waals surface area contributed by atoms with E-state index in [1.165, 1.54) is 0 Å². The van der Waals surface area contributed by atoms with Crippen LogP contribution in [0.1, 0.15) is 26.4 Å². The van der Waals surface area contributed by atoms with Gasteiger partial charge in [0.2, 0.25) is 0 Å². The van der Waals surface area contributed by atoms with Gasteiger partial charge in [-0.25, -0.2) is 9.48 Å². The zero-order valence-electron chi connectivity index (χ0n) is 16.1. The Morgan fingerprint density at radius 1 is 1.03 bits per heavy atom. The predicted octanol–water partition coefficient (Wildman–Crippen LogP) is 4.03. The number of amides is 1. The molecular formula is C22H19N3O3S2. The van der Waals surface area contributed by atoms with Gasteiger partial charge in [-0.3, -0.25) is 4.79 Å². The number of hydrogen-bond donors (Lipinski definition) is 1. The van der Waals surface area contributed by atoms with Gasteiger partial charge in [-0.05, 0) is 24.3 Å². The Labute approximate surface area is 182 Å². The van der Waals surface area contributed by atoms with E-state index in [-0.39, 0.29) is 11.6 Å². The number of carbonyl (C=O) groups excluding carboxylic acids is 1. The lowest BCUT2D eigenvalue weighted by molar-refractivity contribution is 0.0688. The Morgan fingerprint density at radius 3 is 2.63 bits per heavy atom. The lowest BCUT2D eigenvalue weighted by Crippen LogP contribution is -2.37. The van der Waals surface area contributed by atoms with Crippen molar-refractivity contribution in [3.63, 3.8) is 0 Å². The van der Waals surface area contributed by atoms with Crippen molar-refractivity contribution in [3.05, 3.63) is 65.4 Å². The molecule has 152 valence electrons. The standard InChI is InChI=1S/C22H19N3O3S2/c26-21(24-8-10-29-11-9-24)14-4-3-5-15(12-14)25-20-16-6-1-2-7-18(16)30-13-17(20)19(23-25)22(27)28/h1-7,12H,8-11,13H2,(H,27,28). The first-order chi connectivity index (χ1) is 14.6. The third-order valence-corrected chi connectivity index (χ3v) is 7.38. The second-order valence-electron chi connectivity index (χ2n) is 7.13. The Bertz CT molecular complexity index is 1150. The summed E-state index contributed by atoms with van der Waals surface area (Å²) >= 11 is 3.48. The zero-order valence-corrected chi connectivity index (χ0v) is 17.7. The maximum Gasteiger partial charge on any atom is 0.356 e. The summed E-state index contributed by atoms with van der Waals surface area (Å²) in [6.45, 7) is 1.50. The third kappa shape index (κ3) is 3.30. The van der Waals surface area contributed by atoms with Crippen LogP contribution in [-0.2, 0) is 5.75 Å². The van der Waals surface area contributed by atoms with E-state index in [4.69, 9.17) is 0 Å². The highest BCUT2D eigenvalue weighted by Crippen LogP contribution is 2.43. The van der Waals surface area contributed by atoms with Crippen LogP contribution in [0.4, 0.5) is 0 Å². The summed E-state index contributed by atoms with van der Waals surface area (Å²) in [6, 6.07) is 15.3. The van der Waals surface area contributed by atoms with Crippen molar-refractivity contribution >= 4 is 35.4 Å². The molecular weight excluding hydrogens is 418 g/mol. The van der Waals surface area contributed by atoms with Gasteiger partial charge in [-0.1, -0.05) is 24.3 Å². The van der Waals surface area contributed by atoms with E-state index in [2.05, 4.69) is 5.10 Å². The lowest BCUT2D eigenvalue weighted by Gasteiger charge is -2.26. The predicted molar refractivity (Wildman–Crippen MR) is 119 cm³/mol. The molecule has 0 atom stereocenters. The maximum atomic E-state index is 13.0. The molecule has 1 fully saturated rings. The summed E-state index contributed by atoms with van der Waals surface area (Å²) in [4.78, 5) is 27.8. The topological polar surface area (TPSA) is 75.4 Å². The highest BCUT2D eigenvalue weighted by molar-refractivity contribution is 7.99. The molecule has 2 aliphatic heterocycles. The van der Waals surface area contributed by atoms with Gasteiger partial charge in [-0.2, -0.15) is 16.9 Å². The number of fused-ring (bicyclic) bond motifs is 3. The maximum absolute atomic E-state index is 13.0. The fourth-order valence-electron chi connectivity index (χ4n) is 3.88. The molecule has 0 aliphatic carbocycles. The zero-order chi connectivity index (χ0) is 20.7. The minimum Gasteiger partial charge on any atom is -0.476 e. The van der Waals surface area contributed by atoms with Gasteiger partial charge in [0.1, 0.15) is 0 Å². The Morgan fingerprint density at radius 2 is 1.83 bits per heavy atom. The Kier molecular flexibility index (Phi) is 5.04. The smallest absolute Gasteiger partial charge is 0.356 e. The van der Waals surface area contributed by atoms with Crippen molar-refractivity contribution in [2.75, 3.05) is 24.6 Å². The molecule has 5 rings (SSSR count). The lowest BCUT2D eigenvalue weighted by atomic mass is 10.1. The summed E-state index contributed by atoms with van der Waals surface area (Å²) in [5.41, 5.74) is 3.83. The largest absolute Gasteiger partial charge is 0.476 e. The Balaban J connectivity index is 1.62. The van der Waals surface area contributed by atoms with Crippen molar-refractivity contribution < 1.29 is 14.7 Å². The van der Waals surface area contributed by atoms with Crippen LogP contribution in [0.2, 0.25) is 0 Å². The average Bonchev–Trinajstić information content (AvgIpc) is 3.20. The van der Waals surface area contributed by atoms with Gasteiger partial charge >= 0.3 is 5.97 Å². The van der Waals surface area contributed by atoms with Crippen LogP contribution in [0.15, 0.2) is 53.4 Å². The number of benzene rings is 2. The first-order valence-corrected chi connectivity index (χ1v) is 11.8. The molecule has 0 bridgehead atoms. The van der Waals surface area contributed by atoms with E-state index in [9.17, 15) is 14.7 Å². The van der Waals surface area contributed by atoms with Gasteiger partial charge in [0.25, 0.3) is 5.91 Å². The van der Waals surface area contributed by atoms with Gasteiger partial charge in [0.05, 0.1) is 11.4 Å². The van der Waals surface area contributed by atoms with Crippen molar-refractivity contribution in [3.8, 4) is 16.9 Å². The fourth-order valence-corrected chi connectivity index (χ4v) is 5.85. The molecule has 6 nitrogen and oxygen atoms in total. The molecule has 1 N–H and O–H groups in total. The molecule has 3 heterocycles. The molecule has 2 aromatic carbocycles. The van der Waals surface area contributed by atoms with Crippen LogP contribution in [0.3, 0.4) is 0 Å². The first-order valence-electron chi connectivity index (χ1n) is 9.68. The second-order valence-corrected chi connectivity index (χ2v) is 9.37. The molecule has 0 saturated carbocycles. The molecule has 1 amide bonds. The van der Waals surface area contributed by atoms with Gasteiger partial charge in [0.15, 0.2) is 5.69 Å². The summed E-state index contributed by atoms with van der Waals surface area (Å²) in [6.07, 6.45) is 0. The fraction of sp³-hybridized carbons (Fsp3) is 0.227. The van der Waals surface area contributed by atoms with Gasteiger partial charge in [0, 0.05) is 51.9 Å². The number of rotatable bonds is 3. The number of aromatic carboxylic acids is 1. The highest BCUT2D eigenvalue weighted by Gasteiger charge is 2.29. The number of nitrogens with zero attached hydrogens (tertiary/aromatic N) is 3. The van der Waals surface area contributed by atoms with E-state index in [1.807, 2.05) is 65.2 Å². The number of carboxylic acids is 1. The number of aromatic nitrogens is 2. The van der Waals surface area contributed by atoms with Crippen LogP contribution in [0.5, 0.6) is 0 Å². The highest BCUT2D eigenvalue weighted by atomic mass is 32.2. The Hall–Kier alpha value is -2.71. The van der Waals surface area contributed by atoms with E-state index in [0.717, 1.165) is 46.3 Å². The SMILES string of the molecule is O=C(O)c1nn(-c2cccc(C(=O)N3CCSCC3)c2)c2c1CSc1ccccc1-2. The number of carbonyl (C=O) groups is 2. The molecule has 0 spiro atoms. The number of thioether (sulfide) groups is 2. The molecule has 0 unspecified atom stereocenters.